The third kappa shape index (κ3) is 3.82. The maximum atomic E-state index is 12.9. The van der Waals surface area contributed by atoms with Crippen LogP contribution >= 0.6 is 0 Å². The van der Waals surface area contributed by atoms with Crippen LogP contribution in [0.5, 0.6) is 0 Å². The minimum atomic E-state index is -0.405. The summed E-state index contributed by atoms with van der Waals surface area (Å²) in [6, 6.07) is 33.8. The smallest absolute Gasteiger partial charge is 0.344 e. The van der Waals surface area contributed by atoms with Gasteiger partial charge in [0.1, 0.15) is 5.58 Å². The Kier molecular flexibility index (Phi) is 5.10. The summed E-state index contributed by atoms with van der Waals surface area (Å²) in [5.74, 6) is -0.217. The van der Waals surface area contributed by atoms with Crippen molar-refractivity contribution in [2.24, 2.45) is 0 Å². The van der Waals surface area contributed by atoms with Gasteiger partial charge in [0.15, 0.2) is 0 Å². The monoisotopic (exact) mass is 417 g/mol. The Morgan fingerprint density at radius 2 is 1.31 bits per heavy atom. The Morgan fingerprint density at radius 3 is 2.12 bits per heavy atom. The van der Waals surface area contributed by atoms with Gasteiger partial charge >= 0.3 is 5.63 Å². The van der Waals surface area contributed by atoms with Gasteiger partial charge in [0, 0.05) is 22.2 Å². The fourth-order valence-corrected chi connectivity index (χ4v) is 3.72. The van der Waals surface area contributed by atoms with Crippen LogP contribution in [-0.4, -0.2) is 5.91 Å². The lowest BCUT2D eigenvalue weighted by Crippen LogP contribution is -2.12. The van der Waals surface area contributed by atoms with Gasteiger partial charge in [-0.2, -0.15) is 0 Å². The lowest BCUT2D eigenvalue weighted by molar-refractivity contribution is 0.102. The first-order valence-electron chi connectivity index (χ1n) is 10.3. The van der Waals surface area contributed by atoms with Crippen LogP contribution in [0.3, 0.4) is 0 Å². The maximum Gasteiger partial charge on any atom is 0.344 e. The van der Waals surface area contributed by atoms with Gasteiger partial charge in [-0.05, 0) is 41.5 Å². The minimum absolute atomic E-state index is 0.217. The molecule has 5 rings (SSSR count). The second-order valence-corrected chi connectivity index (χ2v) is 7.43. The van der Waals surface area contributed by atoms with Crippen molar-refractivity contribution in [1.82, 2.24) is 0 Å². The van der Waals surface area contributed by atoms with E-state index >= 15 is 0 Å². The summed E-state index contributed by atoms with van der Waals surface area (Å²) in [5, 5.41) is 3.85. The molecule has 1 heterocycles. The highest BCUT2D eigenvalue weighted by Gasteiger charge is 2.12. The first kappa shape index (κ1) is 19.5. The topological polar surface area (TPSA) is 59.3 Å². The third-order valence-corrected chi connectivity index (χ3v) is 5.36. The van der Waals surface area contributed by atoms with E-state index in [1.165, 1.54) is 0 Å². The number of carbonyl (C=O) groups is 1. The van der Waals surface area contributed by atoms with Crippen LogP contribution in [0.1, 0.15) is 10.4 Å². The zero-order chi connectivity index (χ0) is 21.9. The molecule has 4 aromatic carbocycles. The lowest BCUT2D eigenvalue weighted by Gasteiger charge is -2.11. The molecule has 0 aliphatic heterocycles. The molecule has 1 amide bonds. The van der Waals surface area contributed by atoms with Crippen molar-refractivity contribution in [2.75, 3.05) is 5.32 Å². The molecule has 0 saturated heterocycles. The fraction of sp³-hybridized carbons (Fsp3) is 0. The number of carbonyl (C=O) groups excluding carboxylic acids is 1. The van der Waals surface area contributed by atoms with Crippen LogP contribution in [0.2, 0.25) is 0 Å². The molecular formula is C28H19NO3. The van der Waals surface area contributed by atoms with E-state index in [1.54, 1.807) is 30.3 Å². The van der Waals surface area contributed by atoms with E-state index in [1.807, 2.05) is 78.9 Å². The summed E-state index contributed by atoms with van der Waals surface area (Å²) in [4.78, 5) is 25.3. The summed E-state index contributed by atoms with van der Waals surface area (Å²) >= 11 is 0. The normalized spacial score (nSPS) is 10.8. The molecule has 0 unspecified atom stereocenters. The fourth-order valence-electron chi connectivity index (χ4n) is 3.72. The standard InChI is InChI=1S/C28H19NO3/c30-27(29-25-12-6-5-11-23(25)19-8-2-1-3-9-19)21-16-14-20(15-17-21)24-18-22-10-4-7-13-26(22)32-28(24)31/h1-18H,(H,29,30). The minimum Gasteiger partial charge on any atom is -0.422 e. The molecule has 1 aromatic heterocycles. The number of fused-ring (bicyclic) bond motifs is 1. The quantitative estimate of drug-likeness (QED) is 0.345. The second-order valence-electron chi connectivity index (χ2n) is 7.43. The van der Waals surface area contributed by atoms with E-state index in [4.69, 9.17) is 4.42 Å². The summed E-state index contributed by atoms with van der Waals surface area (Å²) < 4.78 is 5.42. The number of amides is 1. The first-order chi connectivity index (χ1) is 15.7. The molecule has 4 nitrogen and oxygen atoms in total. The van der Waals surface area contributed by atoms with Gasteiger partial charge in [0.25, 0.3) is 5.91 Å². The lowest BCUT2D eigenvalue weighted by atomic mass is 10.0. The SMILES string of the molecule is O=C(Nc1ccccc1-c1ccccc1)c1ccc(-c2cc3ccccc3oc2=O)cc1. The molecule has 0 atom stereocenters. The number of hydrogen-bond donors (Lipinski definition) is 1. The van der Waals surface area contributed by atoms with E-state index in [2.05, 4.69) is 5.32 Å². The van der Waals surface area contributed by atoms with E-state index in [0.29, 0.717) is 22.3 Å². The van der Waals surface area contributed by atoms with Gasteiger partial charge in [-0.3, -0.25) is 4.79 Å². The van der Waals surface area contributed by atoms with Gasteiger partial charge in [-0.25, -0.2) is 4.79 Å². The molecular weight excluding hydrogens is 398 g/mol. The highest BCUT2D eigenvalue weighted by atomic mass is 16.4. The second kappa shape index (κ2) is 8.36. The molecule has 0 fully saturated rings. The Labute approximate surface area is 184 Å². The Balaban J connectivity index is 1.42. The molecule has 32 heavy (non-hydrogen) atoms. The van der Waals surface area contributed by atoms with Gasteiger partial charge in [0.2, 0.25) is 0 Å². The van der Waals surface area contributed by atoms with Crippen molar-refractivity contribution < 1.29 is 9.21 Å². The third-order valence-electron chi connectivity index (χ3n) is 5.36. The summed E-state index contributed by atoms with van der Waals surface area (Å²) in [7, 11) is 0. The summed E-state index contributed by atoms with van der Waals surface area (Å²) in [6.07, 6.45) is 0. The van der Waals surface area contributed by atoms with E-state index < -0.39 is 5.63 Å². The van der Waals surface area contributed by atoms with Gasteiger partial charge in [-0.15, -0.1) is 0 Å². The highest BCUT2D eigenvalue weighted by molar-refractivity contribution is 6.06. The van der Waals surface area contributed by atoms with Crippen LogP contribution in [0.4, 0.5) is 5.69 Å². The largest absolute Gasteiger partial charge is 0.422 e. The average molecular weight is 417 g/mol. The van der Waals surface area contributed by atoms with Gasteiger partial charge < -0.3 is 9.73 Å². The molecule has 0 bridgehead atoms. The molecule has 154 valence electrons. The number of para-hydroxylation sites is 2. The predicted octanol–water partition coefficient (Wildman–Crippen LogP) is 6.38. The molecule has 0 saturated carbocycles. The number of anilines is 1. The number of rotatable bonds is 4. The summed E-state index contributed by atoms with van der Waals surface area (Å²) in [5.41, 5.74) is 4.53. The van der Waals surface area contributed by atoms with Crippen molar-refractivity contribution in [3.8, 4) is 22.3 Å². The molecule has 0 radical (unpaired) electrons. The van der Waals surface area contributed by atoms with Crippen molar-refractivity contribution in [3.05, 3.63) is 125 Å². The highest BCUT2D eigenvalue weighted by Crippen LogP contribution is 2.28. The number of nitrogens with one attached hydrogen (secondary N) is 1. The molecule has 4 heteroatoms. The first-order valence-corrected chi connectivity index (χ1v) is 10.3. The Hall–Kier alpha value is -4.44. The van der Waals surface area contributed by atoms with Crippen molar-refractivity contribution >= 4 is 22.6 Å². The zero-order valence-corrected chi connectivity index (χ0v) is 17.1. The Morgan fingerprint density at radius 1 is 0.656 bits per heavy atom. The molecule has 0 aliphatic rings. The van der Waals surface area contributed by atoms with Crippen LogP contribution in [0.25, 0.3) is 33.2 Å². The Bertz CT molecular complexity index is 1470. The maximum absolute atomic E-state index is 12.9. The zero-order valence-electron chi connectivity index (χ0n) is 17.1. The van der Waals surface area contributed by atoms with Crippen LogP contribution in [0.15, 0.2) is 118 Å². The van der Waals surface area contributed by atoms with Gasteiger partial charge in [0.05, 0.1) is 5.56 Å². The van der Waals surface area contributed by atoms with Crippen LogP contribution < -0.4 is 10.9 Å². The number of benzene rings is 4. The van der Waals surface area contributed by atoms with Gasteiger partial charge in [-0.1, -0.05) is 78.9 Å². The van der Waals surface area contributed by atoms with Crippen molar-refractivity contribution in [2.45, 2.75) is 0 Å². The molecule has 1 N–H and O–H groups in total. The predicted molar refractivity (Wildman–Crippen MR) is 128 cm³/mol. The average Bonchev–Trinajstić information content (AvgIpc) is 2.84. The molecule has 0 spiro atoms. The van der Waals surface area contributed by atoms with E-state index in [9.17, 15) is 9.59 Å². The van der Waals surface area contributed by atoms with Crippen molar-refractivity contribution in [3.63, 3.8) is 0 Å². The molecule has 0 aliphatic carbocycles. The van der Waals surface area contributed by atoms with Crippen molar-refractivity contribution in [1.29, 1.82) is 0 Å². The van der Waals surface area contributed by atoms with E-state index in [0.717, 1.165) is 22.2 Å². The van der Waals surface area contributed by atoms with Crippen LogP contribution in [-0.2, 0) is 0 Å². The molecule has 5 aromatic rings. The van der Waals surface area contributed by atoms with E-state index in [-0.39, 0.29) is 5.91 Å². The van der Waals surface area contributed by atoms with Crippen LogP contribution in [0, 0.1) is 0 Å². The summed E-state index contributed by atoms with van der Waals surface area (Å²) in [6.45, 7) is 0. The number of hydrogen-bond acceptors (Lipinski definition) is 3.